The summed E-state index contributed by atoms with van der Waals surface area (Å²) in [6.07, 6.45) is 5.97. The fourth-order valence-electron chi connectivity index (χ4n) is 2.28. The van der Waals surface area contributed by atoms with Gasteiger partial charge >= 0.3 is 51.4 Å². The molecule has 2 aliphatic rings. The van der Waals surface area contributed by atoms with Crippen LogP contribution < -0.4 is 56.7 Å². The Morgan fingerprint density at radius 1 is 0.909 bits per heavy atom. The zero-order valence-corrected chi connectivity index (χ0v) is 10.0. The average Bonchev–Trinajstić information content (AvgIpc) is 2.33. The molecule has 1 heterocycles. The van der Waals surface area contributed by atoms with E-state index in [1.54, 1.807) is 0 Å². The normalized spacial score (nSPS) is 34.9. The van der Waals surface area contributed by atoms with E-state index in [1.807, 2.05) is 0 Å². The van der Waals surface area contributed by atoms with Gasteiger partial charge in [-0.15, -0.1) is 0 Å². The van der Waals surface area contributed by atoms with Crippen molar-refractivity contribution >= 4 is 8.41 Å². The van der Waals surface area contributed by atoms with Gasteiger partial charge in [-0.3, -0.25) is 0 Å². The SMILES string of the molecule is C1CC[C@H]2CNC[C@H]2C1.[BH4-].[K+]. The molecule has 1 N–H and O–H groups in total. The summed E-state index contributed by atoms with van der Waals surface area (Å²) in [5.41, 5.74) is 0. The first-order valence-electron chi connectivity index (χ1n) is 4.17. The summed E-state index contributed by atoms with van der Waals surface area (Å²) in [6, 6.07) is 0. The molecule has 2 atom stereocenters. The van der Waals surface area contributed by atoms with Gasteiger partial charge in [-0.1, -0.05) is 21.3 Å². The van der Waals surface area contributed by atoms with Crippen LogP contribution in [-0.2, 0) is 0 Å². The van der Waals surface area contributed by atoms with Crippen molar-refractivity contribution in [3.8, 4) is 0 Å². The molecule has 0 unspecified atom stereocenters. The van der Waals surface area contributed by atoms with Crippen molar-refractivity contribution in [1.29, 1.82) is 0 Å². The Labute approximate surface area is 114 Å². The number of rotatable bonds is 0. The molecule has 3 heteroatoms. The number of nitrogens with one attached hydrogen (secondary N) is 1. The minimum absolute atomic E-state index is 0. The molecule has 0 spiro atoms. The molecule has 1 nitrogen and oxygen atoms in total. The molecule has 2 fully saturated rings. The average molecular weight is 179 g/mol. The predicted molar refractivity (Wildman–Crippen MR) is 49.7 cm³/mol. The molecular formula is C8H19BKN. The van der Waals surface area contributed by atoms with E-state index < -0.39 is 0 Å². The van der Waals surface area contributed by atoms with Crippen molar-refractivity contribution in [2.45, 2.75) is 25.7 Å². The minimum Gasteiger partial charge on any atom is -0.316 e. The summed E-state index contributed by atoms with van der Waals surface area (Å²) in [7, 11) is 0. The summed E-state index contributed by atoms with van der Waals surface area (Å²) >= 11 is 0. The van der Waals surface area contributed by atoms with Gasteiger partial charge in [0.15, 0.2) is 0 Å². The fraction of sp³-hybridized carbons (Fsp3) is 1.00. The van der Waals surface area contributed by atoms with Gasteiger partial charge in [-0.05, 0) is 37.8 Å². The molecule has 0 aromatic heterocycles. The van der Waals surface area contributed by atoms with E-state index in [0.29, 0.717) is 0 Å². The Kier molecular flexibility index (Phi) is 7.10. The molecule has 2 rings (SSSR count). The van der Waals surface area contributed by atoms with Crippen LogP contribution in [0.3, 0.4) is 0 Å². The molecule has 60 valence electrons. The third kappa shape index (κ3) is 3.13. The number of hydrogen-bond acceptors (Lipinski definition) is 1. The Morgan fingerprint density at radius 3 is 1.82 bits per heavy atom. The summed E-state index contributed by atoms with van der Waals surface area (Å²) in [5.74, 6) is 2.11. The van der Waals surface area contributed by atoms with E-state index in [1.165, 1.54) is 38.8 Å². The van der Waals surface area contributed by atoms with Crippen LogP contribution in [0.4, 0.5) is 0 Å². The molecule has 1 aliphatic heterocycles. The molecule has 1 saturated heterocycles. The van der Waals surface area contributed by atoms with Crippen molar-refractivity contribution in [3.63, 3.8) is 0 Å². The zero-order valence-electron chi connectivity index (χ0n) is 6.90. The first-order chi connectivity index (χ1) is 4.47. The second-order valence-electron chi connectivity index (χ2n) is 3.46. The maximum Gasteiger partial charge on any atom is 1.00 e. The molecule has 1 aliphatic carbocycles. The van der Waals surface area contributed by atoms with Gasteiger partial charge in [0.25, 0.3) is 0 Å². The van der Waals surface area contributed by atoms with Gasteiger partial charge < -0.3 is 5.32 Å². The second-order valence-corrected chi connectivity index (χ2v) is 3.46. The minimum atomic E-state index is 0. The van der Waals surface area contributed by atoms with Crippen LogP contribution in [0.25, 0.3) is 0 Å². The third-order valence-electron chi connectivity index (χ3n) is 2.88. The van der Waals surface area contributed by atoms with Gasteiger partial charge in [0.2, 0.25) is 0 Å². The Hall–Kier alpha value is 1.66. The van der Waals surface area contributed by atoms with Gasteiger partial charge in [0.1, 0.15) is 0 Å². The van der Waals surface area contributed by atoms with E-state index >= 15 is 0 Å². The summed E-state index contributed by atoms with van der Waals surface area (Å²) in [4.78, 5) is 0. The van der Waals surface area contributed by atoms with Gasteiger partial charge in [0, 0.05) is 0 Å². The Bertz CT molecular complexity index is 98.3. The Morgan fingerprint density at radius 2 is 1.36 bits per heavy atom. The second kappa shape index (κ2) is 6.17. The maximum absolute atomic E-state index is 3.46. The molecule has 11 heavy (non-hydrogen) atoms. The maximum atomic E-state index is 3.46. The first-order valence-corrected chi connectivity index (χ1v) is 4.17. The van der Waals surface area contributed by atoms with E-state index in [2.05, 4.69) is 5.32 Å². The van der Waals surface area contributed by atoms with Crippen LogP contribution in [0, 0.1) is 11.8 Å². The smallest absolute Gasteiger partial charge is 0.316 e. The standard InChI is InChI=1S/C8H15N.BH4.K/c1-2-4-8-6-9-5-7(8)3-1;;/h7-9H,1-6H2;1H4;/q;-1;+1/t7-,8+;;. The fourth-order valence-corrected chi connectivity index (χ4v) is 2.28. The van der Waals surface area contributed by atoms with Gasteiger partial charge in [-0.25, -0.2) is 0 Å². The number of hydrogen-bond donors (Lipinski definition) is 1. The summed E-state index contributed by atoms with van der Waals surface area (Å²) < 4.78 is 0. The quantitative estimate of drug-likeness (QED) is 0.390. The predicted octanol–water partition coefficient (Wildman–Crippen LogP) is -3.05. The molecule has 0 aromatic rings. The summed E-state index contributed by atoms with van der Waals surface area (Å²) in [5, 5.41) is 3.46. The van der Waals surface area contributed by atoms with Crippen molar-refractivity contribution in [2.75, 3.05) is 13.1 Å². The van der Waals surface area contributed by atoms with Crippen molar-refractivity contribution in [1.82, 2.24) is 5.32 Å². The van der Waals surface area contributed by atoms with Crippen molar-refractivity contribution in [2.24, 2.45) is 11.8 Å². The van der Waals surface area contributed by atoms with E-state index in [-0.39, 0.29) is 59.8 Å². The third-order valence-corrected chi connectivity index (χ3v) is 2.88. The monoisotopic (exact) mass is 179 g/mol. The Balaban J connectivity index is 0.000000500. The zero-order chi connectivity index (χ0) is 6.10. The summed E-state index contributed by atoms with van der Waals surface area (Å²) in [6.45, 7) is 2.62. The van der Waals surface area contributed by atoms with Crippen LogP contribution in [-0.4, -0.2) is 21.5 Å². The van der Waals surface area contributed by atoms with Gasteiger partial charge in [0.05, 0.1) is 0 Å². The molecule has 0 aromatic carbocycles. The van der Waals surface area contributed by atoms with Gasteiger partial charge in [-0.2, -0.15) is 0 Å². The largest absolute Gasteiger partial charge is 1.00 e. The molecule has 0 radical (unpaired) electrons. The molecule has 1 saturated carbocycles. The van der Waals surface area contributed by atoms with Crippen LogP contribution in [0.15, 0.2) is 0 Å². The van der Waals surface area contributed by atoms with E-state index in [0.717, 1.165) is 11.8 Å². The van der Waals surface area contributed by atoms with Crippen LogP contribution in [0.2, 0.25) is 0 Å². The molecule has 0 bridgehead atoms. The van der Waals surface area contributed by atoms with Crippen molar-refractivity contribution in [3.05, 3.63) is 0 Å². The van der Waals surface area contributed by atoms with Crippen LogP contribution in [0.5, 0.6) is 0 Å². The molecular weight excluding hydrogens is 160 g/mol. The topological polar surface area (TPSA) is 12.0 Å². The number of fused-ring (bicyclic) bond motifs is 1. The first kappa shape index (κ1) is 12.7. The molecule has 0 amide bonds. The van der Waals surface area contributed by atoms with E-state index in [4.69, 9.17) is 0 Å². The van der Waals surface area contributed by atoms with Crippen LogP contribution >= 0.6 is 0 Å². The van der Waals surface area contributed by atoms with E-state index in [9.17, 15) is 0 Å². The van der Waals surface area contributed by atoms with Crippen molar-refractivity contribution < 1.29 is 51.4 Å². The van der Waals surface area contributed by atoms with Crippen LogP contribution in [0.1, 0.15) is 25.7 Å².